The smallest absolute Gasteiger partial charge is 0.258 e. The molecule has 5 nitrogen and oxygen atoms in total. The SMILES string of the molecule is Cc1ccc(NC(=O)CSc2nc3c(c(=O)n2Cc2ccccc2)C2(CCCCC2)Cc2ccccc2-3)c(C)c1. The van der Waals surface area contributed by atoms with Crippen LogP contribution in [0.3, 0.4) is 0 Å². The van der Waals surface area contributed by atoms with Crippen molar-refractivity contribution in [3.63, 3.8) is 0 Å². The number of hydrogen-bond donors (Lipinski definition) is 1. The molecule has 1 saturated carbocycles. The molecule has 1 N–H and O–H groups in total. The summed E-state index contributed by atoms with van der Waals surface area (Å²) in [5, 5.41) is 3.63. The van der Waals surface area contributed by atoms with Crippen LogP contribution in [0.2, 0.25) is 0 Å². The predicted octanol–water partition coefficient (Wildman–Crippen LogP) is 7.06. The van der Waals surface area contributed by atoms with Crippen LogP contribution in [0.1, 0.15) is 59.9 Å². The summed E-state index contributed by atoms with van der Waals surface area (Å²) in [6, 6.07) is 24.5. The van der Waals surface area contributed by atoms with Crippen molar-refractivity contribution < 1.29 is 4.79 Å². The van der Waals surface area contributed by atoms with E-state index in [-0.39, 0.29) is 22.6 Å². The second-order valence-electron chi connectivity index (χ2n) is 11.3. The third-order valence-corrected chi connectivity index (χ3v) is 9.42. The molecule has 0 unspecified atom stereocenters. The number of thioether (sulfide) groups is 1. The van der Waals surface area contributed by atoms with Crippen LogP contribution in [-0.4, -0.2) is 21.2 Å². The molecule has 0 bridgehead atoms. The van der Waals surface area contributed by atoms with E-state index in [0.29, 0.717) is 11.7 Å². The number of carbonyl (C=O) groups excluding carboxylic acids is 1. The number of rotatable bonds is 6. The van der Waals surface area contributed by atoms with Crippen LogP contribution in [0.15, 0.2) is 82.7 Å². The average molecular weight is 550 g/mol. The van der Waals surface area contributed by atoms with Crippen LogP contribution < -0.4 is 10.9 Å². The fraction of sp³-hybridized carbons (Fsp3) is 0.324. The molecule has 1 aromatic heterocycles. The lowest BCUT2D eigenvalue weighted by molar-refractivity contribution is -0.113. The molecule has 6 heteroatoms. The number of aromatic nitrogens is 2. The number of amides is 1. The first-order chi connectivity index (χ1) is 19.4. The third kappa shape index (κ3) is 5.13. The van der Waals surface area contributed by atoms with Gasteiger partial charge in [-0.2, -0.15) is 0 Å². The van der Waals surface area contributed by atoms with Gasteiger partial charge in [-0.1, -0.05) is 103 Å². The molecule has 6 rings (SSSR count). The highest BCUT2D eigenvalue weighted by molar-refractivity contribution is 7.99. The fourth-order valence-electron chi connectivity index (χ4n) is 6.51. The van der Waals surface area contributed by atoms with Gasteiger partial charge in [0, 0.05) is 16.7 Å². The van der Waals surface area contributed by atoms with Crippen molar-refractivity contribution in [2.45, 2.75) is 69.5 Å². The van der Waals surface area contributed by atoms with E-state index in [1.54, 1.807) is 0 Å². The number of aryl methyl sites for hydroxylation is 2. The van der Waals surface area contributed by atoms with Gasteiger partial charge in [-0.25, -0.2) is 4.98 Å². The summed E-state index contributed by atoms with van der Waals surface area (Å²) in [7, 11) is 0. The van der Waals surface area contributed by atoms with E-state index in [9.17, 15) is 9.59 Å². The Hall–Kier alpha value is -3.64. The van der Waals surface area contributed by atoms with Gasteiger partial charge in [0.05, 0.1) is 23.6 Å². The number of carbonyl (C=O) groups is 1. The lowest BCUT2D eigenvalue weighted by atomic mass is 9.62. The van der Waals surface area contributed by atoms with Gasteiger partial charge in [-0.15, -0.1) is 0 Å². The maximum absolute atomic E-state index is 14.5. The van der Waals surface area contributed by atoms with E-state index >= 15 is 0 Å². The van der Waals surface area contributed by atoms with Crippen LogP contribution >= 0.6 is 11.8 Å². The number of fused-ring (bicyclic) bond motifs is 4. The maximum Gasteiger partial charge on any atom is 0.258 e. The minimum absolute atomic E-state index is 0.0440. The Morgan fingerprint density at radius 3 is 2.50 bits per heavy atom. The Morgan fingerprint density at radius 2 is 1.73 bits per heavy atom. The minimum Gasteiger partial charge on any atom is -0.325 e. The van der Waals surface area contributed by atoms with Crippen LogP contribution in [0.25, 0.3) is 11.3 Å². The highest BCUT2D eigenvalue weighted by Gasteiger charge is 2.43. The fourth-order valence-corrected chi connectivity index (χ4v) is 7.30. The van der Waals surface area contributed by atoms with Gasteiger partial charge in [0.25, 0.3) is 5.56 Å². The van der Waals surface area contributed by atoms with Crippen LogP contribution in [-0.2, 0) is 23.2 Å². The van der Waals surface area contributed by atoms with Gasteiger partial charge >= 0.3 is 0 Å². The molecule has 0 aliphatic heterocycles. The number of nitrogens with one attached hydrogen (secondary N) is 1. The van der Waals surface area contributed by atoms with E-state index in [0.717, 1.165) is 71.3 Å². The first kappa shape index (κ1) is 26.6. The zero-order valence-electron chi connectivity index (χ0n) is 23.2. The molecule has 0 radical (unpaired) electrons. The van der Waals surface area contributed by atoms with E-state index in [1.165, 1.54) is 23.7 Å². The van der Waals surface area contributed by atoms with Gasteiger partial charge in [0.15, 0.2) is 5.16 Å². The van der Waals surface area contributed by atoms with E-state index in [4.69, 9.17) is 4.98 Å². The standard InChI is InChI=1S/C34H35N3O2S/c1-23-15-16-28(24(2)19-23)35-29(38)22-40-33-36-31-27-14-8-7-13-26(27)20-34(17-9-4-10-18-34)30(31)32(39)37(33)21-25-11-5-3-6-12-25/h3,5-8,11-16,19H,4,9-10,17-18,20-22H2,1-2H3,(H,35,38). The second-order valence-corrected chi connectivity index (χ2v) is 12.3. The summed E-state index contributed by atoms with van der Waals surface area (Å²) in [4.78, 5) is 32.8. The molecule has 1 amide bonds. The topological polar surface area (TPSA) is 64.0 Å². The molecule has 3 aromatic carbocycles. The Bertz CT molecular complexity index is 1620. The molecule has 4 aromatic rings. The number of benzene rings is 3. The van der Waals surface area contributed by atoms with Crippen LogP contribution in [0.4, 0.5) is 5.69 Å². The van der Waals surface area contributed by atoms with Gasteiger partial charge in [-0.3, -0.25) is 14.2 Å². The minimum atomic E-state index is -0.173. The monoisotopic (exact) mass is 549 g/mol. The molecular weight excluding hydrogens is 514 g/mol. The van der Waals surface area contributed by atoms with Crippen molar-refractivity contribution in [2.75, 3.05) is 11.1 Å². The van der Waals surface area contributed by atoms with E-state index < -0.39 is 0 Å². The Morgan fingerprint density at radius 1 is 0.975 bits per heavy atom. The number of nitrogens with zero attached hydrogens (tertiary/aromatic N) is 2. The van der Waals surface area contributed by atoms with Crippen LogP contribution in [0, 0.1) is 13.8 Å². The zero-order chi connectivity index (χ0) is 27.7. The number of hydrogen-bond acceptors (Lipinski definition) is 4. The average Bonchev–Trinajstić information content (AvgIpc) is 2.96. The summed E-state index contributed by atoms with van der Waals surface area (Å²) in [6.07, 6.45) is 6.41. The van der Waals surface area contributed by atoms with Crippen molar-refractivity contribution >= 4 is 23.4 Å². The molecule has 0 saturated heterocycles. The summed E-state index contributed by atoms with van der Waals surface area (Å²) in [6.45, 7) is 4.47. The molecule has 204 valence electrons. The molecule has 40 heavy (non-hydrogen) atoms. The highest BCUT2D eigenvalue weighted by atomic mass is 32.2. The summed E-state index contributed by atoms with van der Waals surface area (Å²) < 4.78 is 1.81. The quantitative estimate of drug-likeness (QED) is 0.207. The lowest BCUT2D eigenvalue weighted by Gasteiger charge is -2.42. The van der Waals surface area contributed by atoms with Crippen molar-refractivity contribution in [2.24, 2.45) is 0 Å². The molecule has 1 fully saturated rings. The maximum atomic E-state index is 14.5. The van der Waals surface area contributed by atoms with Crippen LogP contribution in [0.5, 0.6) is 0 Å². The molecule has 1 heterocycles. The first-order valence-corrected chi connectivity index (χ1v) is 15.2. The van der Waals surface area contributed by atoms with Gasteiger partial charge in [0.1, 0.15) is 0 Å². The first-order valence-electron chi connectivity index (χ1n) is 14.2. The second kappa shape index (κ2) is 11.1. The van der Waals surface area contributed by atoms with Gasteiger partial charge in [0.2, 0.25) is 5.91 Å². The van der Waals surface area contributed by atoms with Gasteiger partial charge in [-0.05, 0) is 55.9 Å². The largest absolute Gasteiger partial charge is 0.325 e. The third-order valence-electron chi connectivity index (χ3n) is 8.45. The highest BCUT2D eigenvalue weighted by Crippen LogP contribution is 2.48. The summed E-state index contributed by atoms with van der Waals surface area (Å²) in [5.74, 6) is 0.0551. The normalized spacial score (nSPS) is 15.3. The van der Waals surface area contributed by atoms with E-state index in [2.05, 4.69) is 29.6 Å². The molecule has 0 atom stereocenters. The Kier molecular flexibility index (Phi) is 7.37. The molecular formula is C34H35N3O2S. The van der Waals surface area contributed by atoms with E-state index in [1.807, 2.05) is 66.9 Å². The van der Waals surface area contributed by atoms with Crippen molar-refractivity contribution in [1.29, 1.82) is 0 Å². The number of anilines is 1. The van der Waals surface area contributed by atoms with Gasteiger partial charge < -0.3 is 5.32 Å². The molecule has 1 spiro atoms. The molecule has 2 aliphatic carbocycles. The Balaban J connectivity index is 1.42. The van der Waals surface area contributed by atoms with Crippen molar-refractivity contribution in [1.82, 2.24) is 9.55 Å². The predicted molar refractivity (Wildman–Crippen MR) is 163 cm³/mol. The van der Waals surface area contributed by atoms with Crippen molar-refractivity contribution in [3.05, 3.63) is 111 Å². The lowest BCUT2D eigenvalue weighted by Crippen LogP contribution is -2.43. The summed E-state index contributed by atoms with van der Waals surface area (Å²) >= 11 is 1.34. The Labute approximate surface area is 240 Å². The zero-order valence-corrected chi connectivity index (χ0v) is 24.0. The van der Waals surface area contributed by atoms with Crippen molar-refractivity contribution in [3.8, 4) is 11.3 Å². The molecule has 2 aliphatic rings. The summed E-state index contributed by atoms with van der Waals surface area (Å²) in [5.41, 5.74) is 7.93.